The summed E-state index contributed by atoms with van der Waals surface area (Å²) in [6.45, 7) is 4.23. The van der Waals surface area contributed by atoms with E-state index in [-0.39, 0.29) is 0 Å². The Morgan fingerprint density at radius 3 is 2.46 bits per heavy atom. The summed E-state index contributed by atoms with van der Waals surface area (Å²) < 4.78 is 29.3. The molecule has 1 aromatic heterocycles. The molecular formula is C18H25N3O2S. The van der Waals surface area contributed by atoms with E-state index < -0.39 is 10.0 Å². The van der Waals surface area contributed by atoms with Gasteiger partial charge < -0.3 is 4.57 Å². The predicted octanol–water partition coefficient (Wildman–Crippen LogP) is 2.94. The summed E-state index contributed by atoms with van der Waals surface area (Å²) >= 11 is 0. The van der Waals surface area contributed by atoms with Crippen molar-refractivity contribution in [1.29, 1.82) is 0 Å². The molecule has 0 saturated carbocycles. The van der Waals surface area contributed by atoms with Crippen LogP contribution in [0.1, 0.15) is 31.7 Å². The second-order valence-corrected chi connectivity index (χ2v) is 8.44. The van der Waals surface area contributed by atoms with Gasteiger partial charge in [0.1, 0.15) is 0 Å². The number of imidazole rings is 1. The fourth-order valence-corrected chi connectivity index (χ4v) is 4.76. The van der Waals surface area contributed by atoms with Crippen LogP contribution in [0.3, 0.4) is 0 Å². The van der Waals surface area contributed by atoms with Crippen molar-refractivity contribution in [3.8, 4) is 0 Å². The molecular weight excluding hydrogens is 322 g/mol. The van der Waals surface area contributed by atoms with Gasteiger partial charge in [0.25, 0.3) is 0 Å². The van der Waals surface area contributed by atoms with Crippen LogP contribution < -0.4 is 0 Å². The Morgan fingerprint density at radius 2 is 1.88 bits per heavy atom. The number of nitrogens with zero attached hydrogens (tertiary/aromatic N) is 3. The summed E-state index contributed by atoms with van der Waals surface area (Å²) in [6.07, 6.45) is 9.40. The smallest absolute Gasteiger partial charge is 0.243 e. The Kier molecular flexibility index (Phi) is 5.36. The molecule has 0 amide bonds. The number of aryl methyl sites for hydroxylation is 1. The maximum Gasteiger partial charge on any atom is 0.243 e. The molecule has 24 heavy (non-hydrogen) atoms. The van der Waals surface area contributed by atoms with Gasteiger partial charge in [0, 0.05) is 32.0 Å². The Morgan fingerprint density at radius 1 is 1.17 bits per heavy atom. The van der Waals surface area contributed by atoms with Crippen molar-refractivity contribution in [1.82, 2.24) is 13.9 Å². The van der Waals surface area contributed by atoms with E-state index in [2.05, 4.69) is 16.5 Å². The zero-order chi connectivity index (χ0) is 17.0. The van der Waals surface area contributed by atoms with E-state index in [1.165, 1.54) is 5.56 Å². The molecule has 0 spiro atoms. The van der Waals surface area contributed by atoms with E-state index in [9.17, 15) is 8.42 Å². The van der Waals surface area contributed by atoms with Crippen LogP contribution in [-0.4, -0.2) is 35.4 Å². The molecule has 0 unspecified atom stereocenters. The minimum absolute atomic E-state index is 0.412. The minimum atomic E-state index is -3.37. The molecule has 1 saturated heterocycles. The van der Waals surface area contributed by atoms with Crippen LogP contribution in [-0.2, 0) is 23.0 Å². The summed E-state index contributed by atoms with van der Waals surface area (Å²) in [5.74, 6) is 0.512. The largest absolute Gasteiger partial charge is 0.337 e. The summed E-state index contributed by atoms with van der Waals surface area (Å²) in [6, 6.07) is 7.36. The normalized spacial score (nSPS) is 17.2. The first-order chi connectivity index (χ1) is 11.6. The highest BCUT2D eigenvalue weighted by atomic mass is 32.2. The molecule has 0 aliphatic carbocycles. The van der Waals surface area contributed by atoms with E-state index >= 15 is 0 Å². The van der Waals surface area contributed by atoms with Crippen LogP contribution in [0.4, 0.5) is 0 Å². The third-order valence-corrected chi connectivity index (χ3v) is 6.61. The Balaban J connectivity index is 1.61. The predicted molar refractivity (Wildman–Crippen MR) is 94.1 cm³/mol. The Labute approximate surface area is 144 Å². The van der Waals surface area contributed by atoms with Crippen molar-refractivity contribution in [2.75, 3.05) is 13.1 Å². The van der Waals surface area contributed by atoms with Crippen LogP contribution in [0.2, 0.25) is 0 Å². The average Bonchev–Trinajstić information content (AvgIpc) is 3.09. The van der Waals surface area contributed by atoms with E-state index in [4.69, 9.17) is 0 Å². The number of sulfonamides is 1. The van der Waals surface area contributed by atoms with Crippen molar-refractivity contribution >= 4 is 10.0 Å². The molecule has 0 atom stereocenters. The summed E-state index contributed by atoms with van der Waals surface area (Å²) in [5.41, 5.74) is 1.19. The SMILES string of the molecule is CCCc1ccc(S(=O)(=O)N2CCC(Cn3ccnc3)CC2)cc1. The Hall–Kier alpha value is -1.66. The standard InChI is InChI=1S/C18H25N3O2S/c1-2-3-16-4-6-18(7-5-16)24(22,23)21-11-8-17(9-12-21)14-20-13-10-19-15-20/h4-7,10,13,15,17H,2-3,8-9,11-12,14H2,1H3. The molecule has 6 heteroatoms. The van der Waals surface area contributed by atoms with Crippen LogP contribution in [0.25, 0.3) is 0 Å². The molecule has 130 valence electrons. The highest BCUT2D eigenvalue weighted by Crippen LogP contribution is 2.25. The van der Waals surface area contributed by atoms with Crippen molar-refractivity contribution in [2.45, 2.75) is 44.0 Å². The molecule has 2 aromatic rings. The topological polar surface area (TPSA) is 55.2 Å². The molecule has 5 nitrogen and oxygen atoms in total. The second-order valence-electron chi connectivity index (χ2n) is 6.50. The van der Waals surface area contributed by atoms with Crippen molar-refractivity contribution in [2.24, 2.45) is 5.92 Å². The number of rotatable bonds is 6. The van der Waals surface area contributed by atoms with Gasteiger partial charge >= 0.3 is 0 Å². The maximum atomic E-state index is 12.8. The van der Waals surface area contributed by atoms with Crippen molar-refractivity contribution in [3.05, 3.63) is 48.5 Å². The van der Waals surface area contributed by atoms with Gasteiger partial charge in [-0.15, -0.1) is 0 Å². The second kappa shape index (κ2) is 7.49. The fourth-order valence-electron chi connectivity index (χ4n) is 3.29. The highest BCUT2D eigenvalue weighted by Gasteiger charge is 2.29. The van der Waals surface area contributed by atoms with Gasteiger partial charge in [-0.25, -0.2) is 13.4 Å². The summed E-state index contributed by atoms with van der Waals surface area (Å²) in [5, 5.41) is 0. The van der Waals surface area contributed by atoms with Gasteiger partial charge in [0.15, 0.2) is 0 Å². The molecule has 2 heterocycles. The van der Waals surface area contributed by atoms with Gasteiger partial charge in [-0.1, -0.05) is 25.5 Å². The van der Waals surface area contributed by atoms with Crippen LogP contribution in [0, 0.1) is 5.92 Å². The first kappa shape index (κ1) is 17.2. The maximum absolute atomic E-state index is 12.8. The average molecular weight is 347 g/mol. The van der Waals surface area contributed by atoms with E-state index in [1.807, 2.05) is 24.7 Å². The number of piperidine rings is 1. The number of aromatic nitrogens is 2. The molecule has 1 aliphatic rings. The number of benzene rings is 1. The number of hydrogen-bond acceptors (Lipinski definition) is 3. The third kappa shape index (κ3) is 3.87. The van der Waals surface area contributed by atoms with Crippen molar-refractivity contribution < 1.29 is 8.42 Å². The molecule has 0 N–H and O–H groups in total. The zero-order valence-electron chi connectivity index (χ0n) is 14.1. The summed E-state index contributed by atoms with van der Waals surface area (Å²) in [7, 11) is -3.37. The lowest BCUT2D eigenvalue weighted by molar-refractivity contribution is 0.253. The Bertz CT molecular complexity index is 731. The summed E-state index contributed by atoms with van der Waals surface area (Å²) in [4.78, 5) is 4.47. The van der Waals surface area contributed by atoms with Gasteiger partial charge in [0.05, 0.1) is 11.2 Å². The molecule has 0 bridgehead atoms. The zero-order valence-corrected chi connectivity index (χ0v) is 15.0. The first-order valence-corrected chi connectivity index (χ1v) is 10.1. The van der Waals surface area contributed by atoms with Crippen molar-refractivity contribution in [3.63, 3.8) is 0 Å². The van der Waals surface area contributed by atoms with E-state index in [1.54, 1.807) is 22.6 Å². The quantitative estimate of drug-likeness (QED) is 0.807. The van der Waals surface area contributed by atoms with E-state index in [0.717, 1.165) is 32.2 Å². The molecule has 0 radical (unpaired) electrons. The van der Waals surface area contributed by atoms with Crippen LogP contribution >= 0.6 is 0 Å². The fraction of sp³-hybridized carbons (Fsp3) is 0.500. The van der Waals surface area contributed by atoms with Gasteiger partial charge in [0.2, 0.25) is 10.0 Å². The van der Waals surface area contributed by atoms with Crippen LogP contribution in [0.15, 0.2) is 47.9 Å². The highest BCUT2D eigenvalue weighted by molar-refractivity contribution is 7.89. The third-order valence-electron chi connectivity index (χ3n) is 4.70. The first-order valence-electron chi connectivity index (χ1n) is 8.64. The lowest BCUT2D eigenvalue weighted by atomic mass is 9.98. The van der Waals surface area contributed by atoms with Crippen LogP contribution in [0.5, 0.6) is 0 Å². The minimum Gasteiger partial charge on any atom is -0.337 e. The monoisotopic (exact) mass is 347 g/mol. The molecule has 1 fully saturated rings. The molecule has 1 aliphatic heterocycles. The van der Waals surface area contributed by atoms with Gasteiger partial charge in [-0.2, -0.15) is 4.31 Å². The lowest BCUT2D eigenvalue weighted by Crippen LogP contribution is -2.39. The molecule has 3 rings (SSSR count). The lowest BCUT2D eigenvalue weighted by Gasteiger charge is -2.31. The van der Waals surface area contributed by atoms with E-state index in [0.29, 0.717) is 23.9 Å². The van der Waals surface area contributed by atoms with Gasteiger partial charge in [-0.05, 0) is 42.9 Å². The number of hydrogen-bond donors (Lipinski definition) is 0. The van der Waals surface area contributed by atoms with Gasteiger partial charge in [-0.3, -0.25) is 0 Å². The molecule has 1 aromatic carbocycles.